The summed E-state index contributed by atoms with van der Waals surface area (Å²) in [6.45, 7) is 0. The maximum absolute atomic E-state index is 9.91. The van der Waals surface area contributed by atoms with Gasteiger partial charge in [-0.25, -0.2) is 4.98 Å². The van der Waals surface area contributed by atoms with E-state index < -0.39 is 0 Å². The van der Waals surface area contributed by atoms with Crippen LogP contribution in [0.3, 0.4) is 0 Å². The number of pyridine rings is 1. The van der Waals surface area contributed by atoms with Gasteiger partial charge in [0.1, 0.15) is 10.9 Å². The van der Waals surface area contributed by atoms with Gasteiger partial charge in [-0.3, -0.25) is 0 Å². The van der Waals surface area contributed by atoms with Gasteiger partial charge in [0, 0.05) is 5.56 Å². The van der Waals surface area contributed by atoms with Gasteiger partial charge in [-0.1, -0.05) is 29.8 Å². The summed E-state index contributed by atoms with van der Waals surface area (Å²) in [7, 11) is 0. The van der Waals surface area contributed by atoms with Crippen molar-refractivity contribution >= 4 is 11.6 Å². The van der Waals surface area contributed by atoms with E-state index in [4.69, 9.17) is 11.6 Å². The predicted octanol–water partition coefficient (Wildman–Crippen LogP) is 3.21. The molecule has 3 heteroatoms. The van der Waals surface area contributed by atoms with Gasteiger partial charge in [-0.15, -0.1) is 0 Å². The number of hydrogen-bond donors (Lipinski definition) is 1. The van der Waals surface area contributed by atoms with Crippen molar-refractivity contribution in [2.24, 2.45) is 0 Å². The zero-order valence-electron chi connectivity index (χ0n) is 8.57. The summed E-state index contributed by atoms with van der Waals surface area (Å²) in [6, 6.07) is 9.37. The molecule has 1 aliphatic rings. The van der Waals surface area contributed by atoms with Gasteiger partial charge in [0.2, 0.25) is 0 Å². The number of phenolic OH excluding ortho intramolecular Hbond substituents is 1. The molecule has 0 radical (unpaired) electrons. The first-order valence-corrected chi connectivity index (χ1v) is 5.60. The molecule has 0 amide bonds. The Bertz CT molecular complexity index is 566. The van der Waals surface area contributed by atoms with E-state index in [9.17, 15) is 5.11 Å². The Morgan fingerprint density at radius 3 is 2.75 bits per heavy atom. The standard InChI is InChI=1S/C13H10ClNO/c14-11-7-6-9-5-4-8-2-1-3-10(16)12(8)13(9)15-11/h1-3,6-7,16H,4-5H2. The van der Waals surface area contributed by atoms with Gasteiger partial charge in [0.15, 0.2) is 0 Å². The molecule has 1 heterocycles. The van der Waals surface area contributed by atoms with Crippen LogP contribution in [-0.2, 0) is 12.8 Å². The van der Waals surface area contributed by atoms with Crippen LogP contribution in [-0.4, -0.2) is 10.1 Å². The van der Waals surface area contributed by atoms with Crippen molar-refractivity contribution in [1.82, 2.24) is 4.98 Å². The zero-order chi connectivity index (χ0) is 11.1. The molecule has 0 aliphatic heterocycles. The molecule has 3 rings (SSSR count). The van der Waals surface area contributed by atoms with Crippen LogP contribution in [0, 0.1) is 0 Å². The van der Waals surface area contributed by atoms with E-state index in [0.717, 1.165) is 35.2 Å². The summed E-state index contributed by atoms with van der Waals surface area (Å²) < 4.78 is 0. The van der Waals surface area contributed by atoms with E-state index >= 15 is 0 Å². The van der Waals surface area contributed by atoms with Crippen molar-refractivity contribution in [2.75, 3.05) is 0 Å². The molecule has 0 bridgehead atoms. The van der Waals surface area contributed by atoms with E-state index in [2.05, 4.69) is 4.98 Å². The quantitative estimate of drug-likeness (QED) is 0.707. The third-order valence-corrected chi connectivity index (χ3v) is 3.18. The van der Waals surface area contributed by atoms with E-state index in [0.29, 0.717) is 5.15 Å². The van der Waals surface area contributed by atoms with Crippen LogP contribution < -0.4 is 0 Å². The Labute approximate surface area is 98.5 Å². The molecule has 1 N–H and O–H groups in total. The maximum atomic E-state index is 9.91. The van der Waals surface area contributed by atoms with E-state index in [1.807, 2.05) is 18.2 Å². The maximum Gasteiger partial charge on any atom is 0.129 e. The highest BCUT2D eigenvalue weighted by Crippen LogP contribution is 2.38. The first-order valence-electron chi connectivity index (χ1n) is 5.22. The minimum atomic E-state index is 0.285. The summed E-state index contributed by atoms with van der Waals surface area (Å²) in [4.78, 5) is 4.32. The molecule has 1 aromatic heterocycles. The van der Waals surface area contributed by atoms with Crippen LogP contribution in [0.2, 0.25) is 5.15 Å². The molecule has 0 saturated carbocycles. The fraction of sp³-hybridized carbons (Fsp3) is 0.154. The molecule has 0 atom stereocenters. The second-order valence-electron chi connectivity index (χ2n) is 3.95. The summed E-state index contributed by atoms with van der Waals surface area (Å²) >= 11 is 5.90. The third-order valence-electron chi connectivity index (χ3n) is 2.97. The normalized spacial score (nSPS) is 13.1. The van der Waals surface area contributed by atoms with Gasteiger partial charge < -0.3 is 5.11 Å². The number of aromatic hydroxyl groups is 1. The highest BCUT2D eigenvalue weighted by Gasteiger charge is 2.20. The molecule has 2 aromatic rings. The first-order chi connectivity index (χ1) is 7.75. The topological polar surface area (TPSA) is 33.1 Å². The van der Waals surface area contributed by atoms with Crippen molar-refractivity contribution in [3.05, 3.63) is 46.6 Å². The van der Waals surface area contributed by atoms with Crippen LogP contribution >= 0.6 is 11.6 Å². The van der Waals surface area contributed by atoms with Crippen molar-refractivity contribution in [1.29, 1.82) is 0 Å². The van der Waals surface area contributed by atoms with Gasteiger partial charge in [-0.2, -0.15) is 0 Å². The molecule has 16 heavy (non-hydrogen) atoms. The Morgan fingerprint density at radius 1 is 1.06 bits per heavy atom. The summed E-state index contributed by atoms with van der Waals surface area (Å²) in [5, 5.41) is 10.4. The molecule has 1 aliphatic carbocycles. The van der Waals surface area contributed by atoms with Crippen molar-refractivity contribution in [3.63, 3.8) is 0 Å². The second-order valence-corrected chi connectivity index (χ2v) is 4.34. The molecular formula is C13H10ClNO. The van der Waals surface area contributed by atoms with Gasteiger partial charge in [-0.05, 0) is 36.1 Å². The summed E-state index contributed by atoms with van der Waals surface area (Å²) in [5.74, 6) is 0.285. The zero-order valence-corrected chi connectivity index (χ0v) is 9.33. The van der Waals surface area contributed by atoms with Crippen LogP contribution in [0.1, 0.15) is 11.1 Å². The van der Waals surface area contributed by atoms with Crippen molar-refractivity contribution in [3.8, 4) is 17.0 Å². The van der Waals surface area contributed by atoms with Crippen LogP contribution in [0.5, 0.6) is 5.75 Å². The number of phenols is 1. The summed E-state index contributed by atoms with van der Waals surface area (Å²) in [5.41, 5.74) is 3.96. The number of aryl methyl sites for hydroxylation is 2. The number of nitrogens with zero attached hydrogens (tertiary/aromatic N) is 1. The molecule has 80 valence electrons. The smallest absolute Gasteiger partial charge is 0.129 e. The van der Waals surface area contributed by atoms with Crippen molar-refractivity contribution in [2.45, 2.75) is 12.8 Å². The number of aromatic nitrogens is 1. The molecule has 1 aromatic carbocycles. The lowest BCUT2D eigenvalue weighted by atomic mass is 9.88. The number of rotatable bonds is 0. The van der Waals surface area contributed by atoms with Crippen molar-refractivity contribution < 1.29 is 5.11 Å². The highest BCUT2D eigenvalue weighted by molar-refractivity contribution is 6.29. The van der Waals surface area contributed by atoms with E-state index in [1.165, 1.54) is 0 Å². The Hall–Kier alpha value is -1.54. The number of hydrogen-bond acceptors (Lipinski definition) is 2. The Morgan fingerprint density at radius 2 is 1.88 bits per heavy atom. The Balaban J connectivity index is 2.32. The predicted molar refractivity (Wildman–Crippen MR) is 63.8 cm³/mol. The minimum absolute atomic E-state index is 0.285. The molecule has 0 saturated heterocycles. The van der Waals surface area contributed by atoms with E-state index in [-0.39, 0.29) is 5.75 Å². The average Bonchev–Trinajstić information content (AvgIpc) is 2.28. The SMILES string of the molecule is Oc1cccc2c1-c1nc(Cl)ccc1CC2. The minimum Gasteiger partial charge on any atom is -0.507 e. The summed E-state index contributed by atoms with van der Waals surface area (Å²) in [6.07, 6.45) is 1.90. The molecule has 0 unspecified atom stereocenters. The second kappa shape index (κ2) is 3.49. The molecule has 0 spiro atoms. The average molecular weight is 232 g/mol. The largest absolute Gasteiger partial charge is 0.507 e. The van der Waals surface area contributed by atoms with Gasteiger partial charge >= 0.3 is 0 Å². The highest BCUT2D eigenvalue weighted by atomic mass is 35.5. The van der Waals surface area contributed by atoms with E-state index in [1.54, 1.807) is 12.1 Å². The third kappa shape index (κ3) is 1.38. The number of fused-ring (bicyclic) bond motifs is 3. The molecule has 0 fully saturated rings. The number of benzene rings is 1. The lowest BCUT2D eigenvalue weighted by Gasteiger charge is -2.19. The lowest BCUT2D eigenvalue weighted by molar-refractivity contribution is 0.476. The van der Waals surface area contributed by atoms with Gasteiger partial charge in [0.25, 0.3) is 0 Å². The van der Waals surface area contributed by atoms with Crippen LogP contribution in [0.25, 0.3) is 11.3 Å². The lowest BCUT2D eigenvalue weighted by Crippen LogP contribution is -2.05. The first kappa shape index (κ1) is 9.67. The molecular weight excluding hydrogens is 222 g/mol. The van der Waals surface area contributed by atoms with Gasteiger partial charge in [0.05, 0.1) is 5.69 Å². The Kier molecular flexibility index (Phi) is 2.11. The molecule has 2 nitrogen and oxygen atoms in total. The van der Waals surface area contributed by atoms with Crippen LogP contribution in [0.15, 0.2) is 30.3 Å². The van der Waals surface area contributed by atoms with Crippen LogP contribution in [0.4, 0.5) is 0 Å². The fourth-order valence-corrected chi connectivity index (χ4v) is 2.37. The fourth-order valence-electron chi connectivity index (χ4n) is 2.22. The number of halogens is 1. The monoisotopic (exact) mass is 231 g/mol.